The van der Waals surface area contributed by atoms with Crippen LogP contribution in [0.4, 0.5) is 0 Å². The second kappa shape index (κ2) is 6.86. The van der Waals surface area contributed by atoms with Gasteiger partial charge in [-0.1, -0.05) is 6.92 Å². The highest BCUT2D eigenvalue weighted by Crippen LogP contribution is 2.18. The molecular weight excluding hydrogens is 250 g/mol. The monoisotopic (exact) mass is 275 g/mol. The summed E-state index contributed by atoms with van der Waals surface area (Å²) in [6.07, 6.45) is 3.06. The lowest BCUT2D eigenvalue weighted by Gasteiger charge is -2.18. The van der Waals surface area contributed by atoms with Gasteiger partial charge in [-0.15, -0.1) is 0 Å². The highest BCUT2D eigenvalue weighted by atomic mass is 16.5. The van der Waals surface area contributed by atoms with Gasteiger partial charge in [-0.25, -0.2) is 4.98 Å². The highest BCUT2D eigenvalue weighted by Gasteiger charge is 2.11. The molecule has 0 bridgehead atoms. The van der Waals surface area contributed by atoms with Crippen molar-refractivity contribution in [1.82, 2.24) is 14.9 Å². The largest absolute Gasteiger partial charge is 0.383 e. The number of hydrogen-bond acceptors (Lipinski definition) is 3. The number of nitrogens with zero attached hydrogens (tertiary/aromatic N) is 2. The molecule has 110 valence electrons. The Kier molecular flexibility index (Phi) is 5.15. The van der Waals surface area contributed by atoms with Gasteiger partial charge in [-0.3, -0.25) is 0 Å². The van der Waals surface area contributed by atoms with Gasteiger partial charge < -0.3 is 14.6 Å². The van der Waals surface area contributed by atoms with Gasteiger partial charge in [-0.2, -0.15) is 0 Å². The number of aryl methyl sites for hydroxylation is 2. The van der Waals surface area contributed by atoms with Crippen LogP contribution in [0.2, 0.25) is 0 Å². The average Bonchev–Trinajstić information content (AvgIpc) is 2.79. The number of nitrogens with one attached hydrogen (secondary N) is 1. The fourth-order valence-electron chi connectivity index (χ4n) is 2.42. The van der Waals surface area contributed by atoms with Crippen LogP contribution in [0, 0.1) is 13.8 Å². The Hall–Kier alpha value is -1.39. The Labute approximate surface area is 121 Å². The predicted molar refractivity (Wildman–Crippen MR) is 83.2 cm³/mol. The van der Waals surface area contributed by atoms with E-state index in [9.17, 15) is 0 Å². The van der Waals surface area contributed by atoms with Gasteiger partial charge in [0.25, 0.3) is 0 Å². The van der Waals surface area contributed by atoms with Gasteiger partial charge in [0.15, 0.2) is 0 Å². The topological polar surface area (TPSA) is 39.1 Å². The van der Waals surface area contributed by atoms with Gasteiger partial charge >= 0.3 is 0 Å². The van der Waals surface area contributed by atoms with Crippen molar-refractivity contribution in [2.75, 3.05) is 20.3 Å². The summed E-state index contributed by atoms with van der Waals surface area (Å²) in [6.45, 7) is 9.06. The van der Waals surface area contributed by atoms with Gasteiger partial charge in [0.1, 0.15) is 0 Å². The summed E-state index contributed by atoms with van der Waals surface area (Å²) >= 11 is 0. The van der Waals surface area contributed by atoms with Crippen LogP contribution in [0.3, 0.4) is 0 Å². The quantitative estimate of drug-likeness (QED) is 0.844. The molecule has 0 aliphatic carbocycles. The Morgan fingerprint density at radius 1 is 1.30 bits per heavy atom. The molecule has 0 amide bonds. The second-order valence-electron chi connectivity index (χ2n) is 5.43. The van der Waals surface area contributed by atoms with Crippen molar-refractivity contribution in [3.05, 3.63) is 29.6 Å². The summed E-state index contributed by atoms with van der Waals surface area (Å²) in [7, 11) is 1.75. The van der Waals surface area contributed by atoms with E-state index in [0.29, 0.717) is 12.6 Å². The summed E-state index contributed by atoms with van der Waals surface area (Å²) in [5.41, 5.74) is 4.87. The third-order valence-electron chi connectivity index (χ3n) is 3.70. The molecule has 0 saturated carbocycles. The Morgan fingerprint density at radius 2 is 2.05 bits per heavy atom. The number of fused-ring (bicyclic) bond motifs is 1. The second-order valence-corrected chi connectivity index (χ2v) is 5.43. The maximum absolute atomic E-state index is 5.31. The number of ether oxygens (including phenoxy) is 1. The molecule has 1 atom stereocenters. The van der Waals surface area contributed by atoms with Crippen molar-refractivity contribution in [1.29, 1.82) is 0 Å². The van der Waals surface area contributed by atoms with Crippen molar-refractivity contribution in [2.24, 2.45) is 0 Å². The Morgan fingerprint density at radius 3 is 2.75 bits per heavy atom. The van der Waals surface area contributed by atoms with Crippen LogP contribution < -0.4 is 5.32 Å². The number of rotatable bonds is 7. The fourth-order valence-corrected chi connectivity index (χ4v) is 2.42. The average molecular weight is 275 g/mol. The van der Waals surface area contributed by atoms with Gasteiger partial charge in [0.05, 0.1) is 24.0 Å². The molecule has 4 heteroatoms. The van der Waals surface area contributed by atoms with Crippen LogP contribution in [0.1, 0.15) is 24.5 Å². The Balaban J connectivity index is 2.21. The predicted octanol–water partition coefficient (Wildman–Crippen LogP) is 2.67. The summed E-state index contributed by atoms with van der Waals surface area (Å²) in [6, 6.07) is 4.70. The lowest BCUT2D eigenvalue weighted by atomic mass is 10.1. The molecule has 0 aliphatic rings. The normalized spacial score (nSPS) is 13.0. The molecule has 0 saturated heterocycles. The molecule has 1 heterocycles. The lowest BCUT2D eigenvalue weighted by molar-refractivity contribution is 0.159. The minimum absolute atomic E-state index is 0.318. The fraction of sp³-hybridized carbons (Fsp3) is 0.562. The zero-order chi connectivity index (χ0) is 14.5. The first-order valence-electron chi connectivity index (χ1n) is 7.30. The molecule has 0 aliphatic heterocycles. The van der Waals surface area contributed by atoms with Gasteiger partial charge in [0.2, 0.25) is 0 Å². The molecule has 1 unspecified atom stereocenters. The maximum Gasteiger partial charge on any atom is 0.0958 e. The smallest absolute Gasteiger partial charge is 0.0958 e. The SMILES string of the molecule is CCCNC(COC)Cn1cnc2cc(C)c(C)cc21. The number of aromatic nitrogens is 2. The summed E-state index contributed by atoms with van der Waals surface area (Å²) in [4.78, 5) is 4.51. The lowest BCUT2D eigenvalue weighted by Crippen LogP contribution is -2.37. The number of methoxy groups -OCH3 is 1. The summed E-state index contributed by atoms with van der Waals surface area (Å²) < 4.78 is 7.52. The van der Waals surface area contributed by atoms with Crippen LogP contribution in [-0.4, -0.2) is 35.9 Å². The molecule has 20 heavy (non-hydrogen) atoms. The van der Waals surface area contributed by atoms with Crippen LogP contribution in [0.25, 0.3) is 11.0 Å². The first kappa shape index (κ1) is 15.0. The Bertz CT molecular complexity index is 562. The molecule has 0 spiro atoms. The summed E-state index contributed by atoms with van der Waals surface area (Å²) in [5.74, 6) is 0. The van der Waals surface area contributed by atoms with Crippen LogP contribution in [-0.2, 0) is 11.3 Å². The zero-order valence-electron chi connectivity index (χ0n) is 12.9. The van der Waals surface area contributed by atoms with Gasteiger partial charge in [0, 0.05) is 19.7 Å². The molecule has 1 aromatic heterocycles. The van der Waals surface area contributed by atoms with Crippen LogP contribution in [0.15, 0.2) is 18.5 Å². The van der Waals surface area contributed by atoms with E-state index in [1.165, 1.54) is 16.6 Å². The van der Waals surface area contributed by atoms with E-state index in [0.717, 1.165) is 25.0 Å². The zero-order valence-corrected chi connectivity index (χ0v) is 12.9. The van der Waals surface area contributed by atoms with Gasteiger partial charge in [-0.05, 0) is 50.1 Å². The standard InChI is InChI=1S/C16H25N3O/c1-5-6-17-14(10-20-4)9-19-11-18-15-7-12(2)13(3)8-16(15)19/h7-8,11,14,17H,5-6,9-10H2,1-4H3. The van der Waals surface area contributed by atoms with Crippen molar-refractivity contribution >= 4 is 11.0 Å². The minimum Gasteiger partial charge on any atom is -0.383 e. The van der Waals surface area contributed by atoms with E-state index in [4.69, 9.17) is 4.74 Å². The van der Waals surface area contributed by atoms with Crippen LogP contribution in [0.5, 0.6) is 0 Å². The van der Waals surface area contributed by atoms with Crippen molar-refractivity contribution in [3.63, 3.8) is 0 Å². The van der Waals surface area contributed by atoms with Crippen molar-refractivity contribution < 1.29 is 4.74 Å². The van der Waals surface area contributed by atoms with E-state index >= 15 is 0 Å². The van der Waals surface area contributed by atoms with E-state index in [1.54, 1.807) is 7.11 Å². The molecule has 0 fully saturated rings. The first-order chi connectivity index (χ1) is 9.65. The third-order valence-corrected chi connectivity index (χ3v) is 3.70. The number of hydrogen-bond donors (Lipinski definition) is 1. The van der Waals surface area contributed by atoms with E-state index in [1.807, 2.05) is 6.33 Å². The minimum atomic E-state index is 0.318. The molecule has 1 N–H and O–H groups in total. The van der Waals surface area contributed by atoms with E-state index in [2.05, 4.69) is 47.8 Å². The molecule has 2 aromatic rings. The van der Waals surface area contributed by atoms with E-state index in [-0.39, 0.29) is 0 Å². The van der Waals surface area contributed by atoms with Crippen molar-refractivity contribution in [2.45, 2.75) is 39.8 Å². The van der Waals surface area contributed by atoms with Crippen LogP contribution >= 0.6 is 0 Å². The molecular formula is C16H25N3O. The number of benzene rings is 1. The molecule has 2 rings (SSSR count). The first-order valence-corrected chi connectivity index (χ1v) is 7.30. The molecule has 4 nitrogen and oxygen atoms in total. The van der Waals surface area contributed by atoms with Crippen molar-refractivity contribution in [3.8, 4) is 0 Å². The summed E-state index contributed by atoms with van der Waals surface area (Å²) in [5, 5.41) is 3.53. The maximum atomic E-state index is 5.31. The third kappa shape index (κ3) is 3.38. The molecule has 1 aromatic carbocycles. The molecule has 0 radical (unpaired) electrons. The van der Waals surface area contributed by atoms with E-state index < -0.39 is 0 Å². The number of imidazole rings is 1. The highest BCUT2D eigenvalue weighted by molar-refractivity contribution is 5.77.